The number of halogens is 3. The minimum Gasteiger partial charge on any atom is -0.478 e. The maximum absolute atomic E-state index is 13.2. The molecule has 0 fully saturated rings. The highest BCUT2D eigenvalue weighted by Crippen LogP contribution is 2.33. The molecule has 2 aromatic heterocycles. The standard InChI is InChI=1S/C21H14F3N7O2/c22-21(23,24)17-4-5-31(30-17)18-16(13-7-14(19(32)33)10-26-9-13)11-27-20(29-18)28-15-3-1-2-12(6-15)8-25/h1-7,9-11,17,30H,(H,32,33)(H,27,28,29). The Balaban J connectivity index is 1.75. The number of pyridine rings is 1. The van der Waals surface area contributed by atoms with Crippen LogP contribution in [0.15, 0.2) is 61.2 Å². The van der Waals surface area contributed by atoms with Crippen molar-refractivity contribution >= 4 is 23.4 Å². The number of aromatic nitrogens is 3. The van der Waals surface area contributed by atoms with E-state index in [9.17, 15) is 23.1 Å². The van der Waals surface area contributed by atoms with Crippen LogP contribution in [0.1, 0.15) is 15.9 Å². The van der Waals surface area contributed by atoms with Gasteiger partial charge in [0.05, 0.1) is 17.2 Å². The molecule has 0 aliphatic carbocycles. The zero-order valence-electron chi connectivity index (χ0n) is 16.6. The number of alkyl halides is 3. The highest BCUT2D eigenvalue weighted by atomic mass is 19.4. The number of carboxylic acid groups (broad SMARTS) is 1. The number of anilines is 3. The molecule has 9 nitrogen and oxygen atoms in total. The average Bonchev–Trinajstić information content (AvgIpc) is 3.30. The summed E-state index contributed by atoms with van der Waals surface area (Å²) in [5, 5.41) is 22.3. The van der Waals surface area contributed by atoms with Crippen LogP contribution in [0.3, 0.4) is 0 Å². The number of hydrogen-bond donors (Lipinski definition) is 3. The smallest absolute Gasteiger partial charge is 0.409 e. The predicted octanol–water partition coefficient (Wildman–Crippen LogP) is 3.62. The number of hydrazine groups is 1. The van der Waals surface area contributed by atoms with Gasteiger partial charge in [-0.15, -0.1) is 0 Å². The minimum absolute atomic E-state index is 0.0382. The normalized spacial score (nSPS) is 15.3. The maximum atomic E-state index is 13.2. The van der Waals surface area contributed by atoms with Crippen molar-refractivity contribution in [1.82, 2.24) is 20.4 Å². The van der Waals surface area contributed by atoms with Crippen LogP contribution in [-0.4, -0.2) is 38.2 Å². The van der Waals surface area contributed by atoms with Crippen LogP contribution in [0.4, 0.5) is 30.6 Å². The molecule has 1 atom stereocenters. The Kier molecular flexibility index (Phi) is 5.63. The van der Waals surface area contributed by atoms with Crippen molar-refractivity contribution in [3.8, 4) is 17.2 Å². The van der Waals surface area contributed by atoms with Crippen molar-refractivity contribution in [1.29, 1.82) is 5.26 Å². The number of carbonyl (C=O) groups is 1. The van der Waals surface area contributed by atoms with Crippen molar-refractivity contribution in [2.24, 2.45) is 0 Å². The highest BCUT2D eigenvalue weighted by molar-refractivity contribution is 5.89. The second-order valence-corrected chi connectivity index (χ2v) is 6.88. The third kappa shape index (κ3) is 4.73. The van der Waals surface area contributed by atoms with Gasteiger partial charge in [-0.3, -0.25) is 9.99 Å². The van der Waals surface area contributed by atoms with Gasteiger partial charge in [0.1, 0.15) is 6.04 Å². The van der Waals surface area contributed by atoms with Crippen LogP contribution in [0, 0.1) is 11.3 Å². The molecule has 0 radical (unpaired) electrons. The molecule has 1 aliphatic rings. The summed E-state index contributed by atoms with van der Waals surface area (Å²) < 4.78 is 39.5. The van der Waals surface area contributed by atoms with Gasteiger partial charge in [-0.1, -0.05) is 6.07 Å². The molecule has 166 valence electrons. The molecule has 0 bridgehead atoms. The molecule has 0 saturated heterocycles. The second kappa shape index (κ2) is 8.56. The first-order valence-corrected chi connectivity index (χ1v) is 9.38. The Morgan fingerprint density at radius 1 is 1.24 bits per heavy atom. The Bertz CT molecular complexity index is 1290. The lowest BCUT2D eigenvalue weighted by Crippen LogP contribution is -2.44. The van der Waals surface area contributed by atoms with E-state index < -0.39 is 18.2 Å². The van der Waals surface area contributed by atoms with Gasteiger partial charge in [-0.05, 0) is 30.3 Å². The van der Waals surface area contributed by atoms with E-state index in [1.807, 2.05) is 6.07 Å². The fourth-order valence-electron chi connectivity index (χ4n) is 3.04. The summed E-state index contributed by atoms with van der Waals surface area (Å²) in [6.45, 7) is 0. The number of nitriles is 1. The zero-order chi connectivity index (χ0) is 23.6. The van der Waals surface area contributed by atoms with E-state index in [1.54, 1.807) is 24.3 Å². The van der Waals surface area contributed by atoms with E-state index in [-0.39, 0.29) is 22.9 Å². The molecular weight excluding hydrogens is 439 g/mol. The summed E-state index contributed by atoms with van der Waals surface area (Å²) in [6.07, 6.45) is 1.44. The van der Waals surface area contributed by atoms with Gasteiger partial charge in [0.2, 0.25) is 5.95 Å². The van der Waals surface area contributed by atoms with Gasteiger partial charge < -0.3 is 10.4 Å². The third-order valence-corrected chi connectivity index (χ3v) is 4.60. The number of hydrogen-bond acceptors (Lipinski definition) is 8. The molecule has 3 N–H and O–H groups in total. The molecule has 33 heavy (non-hydrogen) atoms. The monoisotopic (exact) mass is 453 g/mol. The first kappa shape index (κ1) is 21.7. The fourth-order valence-corrected chi connectivity index (χ4v) is 3.04. The van der Waals surface area contributed by atoms with Crippen LogP contribution in [0.5, 0.6) is 0 Å². The first-order chi connectivity index (χ1) is 15.7. The number of rotatable bonds is 5. The van der Waals surface area contributed by atoms with E-state index in [0.29, 0.717) is 16.8 Å². The lowest BCUT2D eigenvalue weighted by atomic mass is 10.1. The van der Waals surface area contributed by atoms with Gasteiger partial charge >= 0.3 is 12.1 Å². The Labute approximate surface area is 184 Å². The molecule has 0 spiro atoms. The van der Waals surface area contributed by atoms with Crippen molar-refractivity contribution < 1.29 is 23.1 Å². The van der Waals surface area contributed by atoms with Crippen molar-refractivity contribution in [2.75, 3.05) is 10.3 Å². The quantitative estimate of drug-likeness (QED) is 0.531. The van der Waals surface area contributed by atoms with Gasteiger partial charge in [-0.2, -0.15) is 23.4 Å². The summed E-state index contributed by atoms with van der Waals surface area (Å²) in [4.78, 5) is 23.8. The molecule has 1 aromatic carbocycles. The molecule has 12 heteroatoms. The van der Waals surface area contributed by atoms with Crippen LogP contribution in [0.2, 0.25) is 0 Å². The number of nitrogens with one attached hydrogen (secondary N) is 2. The van der Waals surface area contributed by atoms with E-state index in [1.165, 1.54) is 24.7 Å². The molecule has 4 rings (SSSR count). The maximum Gasteiger partial charge on any atom is 0.409 e. The van der Waals surface area contributed by atoms with E-state index >= 15 is 0 Å². The summed E-state index contributed by atoms with van der Waals surface area (Å²) >= 11 is 0. The van der Waals surface area contributed by atoms with Crippen LogP contribution in [0.25, 0.3) is 11.1 Å². The average molecular weight is 453 g/mol. The lowest BCUT2D eigenvalue weighted by molar-refractivity contribution is -0.142. The molecule has 0 amide bonds. The van der Waals surface area contributed by atoms with Crippen LogP contribution >= 0.6 is 0 Å². The number of benzene rings is 1. The van der Waals surface area contributed by atoms with Crippen LogP contribution < -0.4 is 15.8 Å². The predicted molar refractivity (Wildman–Crippen MR) is 111 cm³/mol. The third-order valence-electron chi connectivity index (χ3n) is 4.60. The summed E-state index contributed by atoms with van der Waals surface area (Å²) in [6, 6.07) is 7.90. The Morgan fingerprint density at radius 2 is 2.06 bits per heavy atom. The molecule has 3 heterocycles. The number of aromatic carboxylic acids is 1. The second-order valence-electron chi connectivity index (χ2n) is 6.88. The molecule has 1 aliphatic heterocycles. The van der Waals surface area contributed by atoms with Crippen molar-refractivity contribution in [3.63, 3.8) is 0 Å². The Hall–Kier alpha value is -4.50. The lowest BCUT2D eigenvalue weighted by Gasteiger charge is -2.23. The van der Waals surface area contributed by atoms with E-state index in [2.05, 4.69) is 25.7 Å². The zero-order valence-corrected chi connectivity index (χ0v) is 16.6. The summed E-state index contributed by atoms with van der Waals surface area (Å²) in [7, 11) is 0. The Morgan fingerprint density at radius 3 is 2.76 bits per heavy atom. The van der Waals surface area contributed by atoms with Gasteiger partial charge in [0, 0.05) is 41.6 Å². The number of carboxylic acids is 1. The van der Waals surface area contributed by atoms with E-state index in [0.717, 1.165) is 17.3 Å². The summed E-state index contributed by atoms with van der Waals surface area (Å²) in [5.41, 5.74) is 3.64. The topological polar surface area (TPSA) is 127 Å². The molecule has 1 unspecified atom stereocenters. The van der Waals surface area contributed by atoms with Gasteiger partial charge in [-0.25, -0.2) is 15.2 Å². The summed E-state index contributed by atoms with van der Waals surface area (Å²) in [5.74, 6) is -1.12. The first-order valence-electron chi connectivity index (χ1n) is 9.38. The SMILES string of the molecule is N#Cc1cccc(Nc2ncc(-c3cncc(C(=O)O)c3)c(N3C=CC(C(F)(F)F)N3)n2)c1. The fraction of sp³-hybridized carbons (Fsp3) is 0.0952. The molecule has 0 saturated carbocycles. The molecule has 3 aromatic rings. The molecular formula is C21H14F3N7O2. The van der Waals surface area contributed by atoms with Crippen LogP contribution in [-0.2, 0) is 0 Å². The largest absolute Gasteiger partial charge is 0.478 e. The van der Waals surface area contributed by atoms with E-state index in [4.69, 9.17) is 5.26 Å². The van der Waals surface area contributed by atoms with Gasteiger partial charge in [0.15, 0.2) is 5.82 Å². The minimum atomic E-state index is -4.53. The highest BCUT2D eigenvalue weighted by Gasteiger charge is 2.41. The van der Waals surface area contributed by atoms with Crippen molar-refractivity contribution in [2.45, 2.75) is 12.2 Å². The van der Waals surface area contributed by atoms with Gasteiger partial charge in [0.25, 0.3) is 0 Å². The van der Waals surface area contributed by atoms with Crippen molar-refractivity contribution in [3.05, 3.63) is 72.3 Å². The number of nitrogens with zero attached hydrogens (tertiary/aromatic N) is 5.